The van der Waals surface area contributed by atoms with Gasteiger partial charge in [0.05, 0.1) is 23.0 Å². The maximum atomic E-state index is 12.3. The number of hydrogen-bond donors (Lipinski definition) is 2. The van der Waals surface area contributed by atoms with Crippen LogP contribution in [0.1, 0.15) is 30.7 Å². The van der Waals surface area contributed by atoms with Gasteiger partial charge in [-0.25, -0.2) is 0 Å². The predicted octanol–water partition coefficient (Wildman–Crippen LogP) is 1.22. The molecular formula is C14H20N4O2. The molecule has 6 heteroatoms. The minimum atomic E-state index is -0.241. The Hall–Kier alpha value is -1.85. The Morgan fingerprint density at radius 2 is 2.20 bits per heavy atom. The number of nitrogens with one attached hydrogen (secondary N) is 2. The molecule has 2 aliphatic rings. The van der Waals surface area contributed by atoms with Gasteiger partial charge in [-0.05, 0) is 32.6 Å². The van der Waals surface area contributed by atoms with Crippen LogP contribution in [0.15, 0.2) is 0 Å². The smallest absolute Gasteiger partial charge is 0.229 e. The molecule has 0 aromatic carbocycles. The summed E-state index contributed by atoms with van der Waals surface area (Å²) in [5, 5.41) is 9.80. The maximum Gasteiger partial charge on any atom is 0.229 e. The van der Waals surface area contributed by atoms with E-state index in [0.29, 0.717) is 18.9 Å². The van der Waals surface area contributed by atoms with E-state index in [1.54, 1.807) is 0 Å². The zero-order valence-corrected chi connectivity index (χ0v) is 11.9. The van der Waals surface area contributed by atoms with Crippen molar-refractivity contribution in [2.45, 2.75) is 33.1 Å². The minimum absolute atomic E-state index is 0.0794. The van der Waals surface area contributed by atoms with Gasteiger partial charge in [0.25, 0.3) is 0 Å². The van der Waals surface area contributed by atoms with E-state index in [9.17, 15) is 9.59 Å². The van der Waals surface area contributed by atoms with Crippen LogP contribution in [0.5, 0.6) is 0 Å². The minimum Gasteiger partial charge on any atom is -0.342 e. The number of carbonyl (C=O) groups is 2. The fraction of sp³-hybridized carbons (Fsp3) is 0.643. The SMILES string of the molecule is Cc1n[nH]c(C)c1NC(=O)C1CC(=O)N(CC2CC2)C1. The molecule has 1 aromatic rings. The van der Waals surface area contributed by atoms with E-state index in [1.807, 2.05) is 18.7 Å². The zero-order valence-electron chi connectivity index (χ0n) is 11.9. The highest BCUT2D eigenvalue weighted by atomic mass is 16.2. The number of hydrogen-bond acceptors (Lipinski definition) is 3. The fourth-order valence-electron chi connectivity index (χ4n) is 2.70. The quantitative estimate of drug-likeness (QED) is 0.868. The lowest BCUT2D eigenvalue weighted by molar-refractivity contribution is -0.128. The van der Waals surface area contributed by atoms with Crippen LogP contribution in [-0.2, 0) is 9.59 Å². The van der Waals surface area contributed by atoms with Gasteiger partial charge in [0.2, 0.25) is 11.8 Å². The molecule has 2 heterocycles. The molecule has 1 atom stereocenters. The Kier molecular flexibility index (Phi) is 3.23. The number of likely N-dealkylation sites (tertiary alicyclic amines) is 1. The third-order valence-corrected chi connectivity index (χ3v) is 4.14. The first-order valence-corrected chi connectivity index (χ1v) is 7.14. The molecule has 0 radical (unpaired) electrons. The molecule has 20 heavy (non-hydrogen) atoms. The number of anilines is 1. The zero-order chi connectivity index (χ0) is 14.3. The second-order valence-electron chi connectivity index (χ2n) is 5.94. The second kappa shape index (κ2) is 4.92. The van der Waals surface area contributed by atoms with E-state index in [-0.39, 0.29) is 17.7 Å². The van der Waals surface area contributed by atoms with Crippen molar-refractivity contribution in [2.24, 2.45) is 11.8 Å². The molecule has 2 amide bonds. The third-order valence-electron chi connectivity index (χ3n) is 4.14. The van der Waals surface area contributed by atoms with E-state index in [0.717, 1.165) is 23.6 Å². The van der Waals surface area contributed by atoms with E-state index >= 15 is 0 Å². The summed E-state index contributed by atoms with van der Waals surface area (Å²) < 4.78 is 0. The molecule has 3 rings (SSSR count). The van der Waals surface area contributed by atoms with Gasteiger partial charge in [0, 0.05) is 19.5 Å². The van der Waals surface area contributed by atoms with Crippen molar-refractivity contribution in [3.05, 3.63) is 11.4 Å². The van der Waals surface area contributed by atoms with Crippen LogP contribution >= 0.6 is 0 Å². The Labute approximate surface area is 117 Å². The standard InChI is InChI=1S/C14H20N4O2/c1-8-13(9(2)17-16-8)15-14(20)11-5-12(19)18(7-11)6-10-3-4-10/h10-11H,3-7H2,1-2H3,(H,15,20)(H,16,17). The number of aromatic nitrogens is 2. The number of H-pyrrole nitrogens is 1. The number of nitrogens with zero attached hydrogens (tertiary/aromatic N) is 2. The van der Waals surface area contributed by atoms with E-state index < -0.39 is 0 Å². The normalized spacial score (nSPS) is 22.4. The molecule has 1 aliphatic carbocycles. The van der Waals surface area contributed by atoms with Crippen molar-refractivity contribution in [1.29, 1.82) is 0 Å². The Balaban J connectivity index is 1.62. The third kappa shape index (κ3) is 2.55. The maximum absolute atomic E-state index is 12.3. The van der Waals surface area contributed by atoms with Gasteiger partial charge in [0.15, 0.2) is 0 Å². The predicted molar refractivity (Wildman–Crippen MR) is 74.1 cm³/mol. The summed E-state index contributed by atoms with van der Waals surface area (Å²) in [6.45, 7) is 5.09. The number of aromatic amines is 1. The van der Waals surface area contributed by atoms with Crippen molar-refractivity contribution in [2.75, 3.05) is 18.4 Å². The van der Waals surface area contributed by atoms with E-state index in [4.69, 9.17) is 0 Å². The molecule has 1 saturated carbocycles. The summed E-state index contributed by atoms with van der Waals surface area (Å²) in [4.78, 5) is 26.0. The first-order valence-electron chi connectivity index (χ1n) is 7.14. The van der Waals surface area contributed by atoms with Crippen LogP contribution in [-0.4, -0.2) is 40.0 Å². The molecular weight excluding hydrogens is 256 g/mol. The molecule has 2 N–H and O–H groups in total. The van der Waals surface area contributed by atoms with Crippen LogP contribution in [0.2, 0.25) is 0 Å². The number of aryl methyl sites for hydroxylation is 2. The van der Waals surface area contributed by atoms with Gasteiger partial charge >= 0.3 is 0 Å². The number of amides is 2. The highest BCUT2D eigenvalue weighted by Gasteiger charge is 2.37. The van der Waals surface area contributed by atoms with Crippen molar-refractivity contribution in [3.63, 3.8) is 0 Å². The molecule has 1 aliphatic heterocycles. The summed E-state index contributed by atoms with van der Waals surface area (Å²) in [6, 6.07) is 0. The Morgan fingerprint density at radius 1 is 1.45 bits per heavy atom. The summed E-state index contributed by atoms with van der Waals surface area (Å²) >= 11 is 0. The number of rotatable bonds is 4. The molecule has 0 spiro atoms. The summed E-state index contributed by atoms with van der Waals surface area (Å²) in [5.41, 5.74) is 2.35. The van der Waals surface area contributed by atoms with Gasteiger partial charge in [-0.15, -0.1) is 0 Å². The van der Waals surface area contributed by atoms with Gasteiger partial charge in [0.1, 0.15) is 0 Å². The van der Waals surface area contributed by atoms with Gasteiger partial charge in [-0.1, -0.05) is 0 Å². The molecule has 6 nitrogen and oxygen atoms in total. The topological polar surface area (TPSA) is 78.1 Å². The van der Waals surface area contributed by atoms with Crippen LogP contribution < -0.4 is 5.32 Å². The van der Waals surface area contributed by atoms with Crippen LogP contribution in [0.4, 0.5) is 5.69 Å². The molecule has 0 bridgehead atoms. The molecule has 1 unspecified atom stereocenters. The fourth-order valence-corrected chi connectivity index (χ4v) is 2.70. The van der Waals surface area contributed by atoms with E-state index in [2.05, 4.69) is 15.5 Å². The van der Waals surface area contributed by atoms with Gasteiger partial charge < -0.3 is 10.2 Å². The first-order chi connectivity index (χ1) is 9.54. The largest absolute Gasteiger partial charge is 0.342 e. The number of carbonyl (C=O) groups excluding carboxylic acids is 2. The molecule has 108 valence electrons. The van der Waals surface area contributed by atoms with Crippen molar-refractivity contribution in [1.82, 2.24) is 15.1 Å². The highest BCUT2D eigenvalue weighted by molar-refractivity contribution is 5.97. The summed E-state index contributed by atoms with van der Waals surface area (Å²) in [5.74, 6) is 0.455. The lowest BCUT2D eigenvalue weighted by Crippen LogP contribution is -2.30. The molecule has 1 saturated heterocycles. The van der Waals surface area contributed by atoms with Crippen molar-refractivity contribution in [3.8, 4) is 0 Å². The van der Waals surface area contributed by atoms with Crippen LogP contribution in [0.3, 0.4) is 0 Å². The van der Waals surface area contributed by atoms with Crippen LogP contribution in [0, 0.1) is 25.7 Å². The average Bonchev–Trinajstić information content (AvgIpc) is 3.08. The highest BCUT2D eigenvalue weighted by Crippen LogP contribution is 2.32. The van der Waals surface area contributed by atoms with Crippen LogP contribution in [0.25, 0.3) is 0 Å². The first kappa shape index (κ1) is 13.1. The second-order valence-corrected chi connectivity index (χ2v) is 5.94. The monoisotopic (exact) mass is 276 g/mol. The lowest BCUT2D eigenvalue weighted by atomic mass is 10.1. The van der Waals surface area contributed by atoms with Crippen molar-refractivity contribution >= 4 is 17.5 Å². The Morgan fingerprint density at radius 3 is 2.80 bits per heavy atom. The average molecular weight is 276 g/mol. The van der Waals surface area contributed by atoms with Crippen molar-refractivity contribution < 1.29 is 9.59 Å². The van der Waals surface area contributed by atoms with Gasteiger partial charge in [-0.3, -0.25) is 14.7 Å². The van der Waals surface area contributed by atoms with Gasteiger partial charge in [-0.2, -0.15) is 5.10 Å². The Bertz CT molecular complexity index is 528. The molecule has 1 aromatic heterocycles. The summed E-state index contributed by atoms with van der Waals surface area (Å²) in [7, 11) is 0. The molecule has 2 fully saturated rings. The van der Waals surface area contributed by atoms with E-state index in [1.165, 1.54) is 12.8 Å². The lowest BCUT2D eigenvalue weighted by Gasteiger charge is -2.16. The summed E-state index contributed by atoms with van der Waals surface area (Å²) in [6.07, 6.45) is 2.76.